The summed E-state index contributed by atoms with van der Waals surface area (Å²) in [5.41, 5.74) is 1.80. The monoisotopic (exact) mass is 335 g/mol. The van der Waals surface area contributed by atoms with Crippen LogP contribution in [0.1, 0.15) is 22.6 Å². The Labute approximate surface area is 133 Å². The van der Waals surface area contributed by atoms with E-state index in [2.05, 4.69) is 5.16 Å². The highest BCUT2D eigenvalue weighted by molar-refractivity contribution is 7.89. The van der Waals surface area contributed by atoms with Gasteiger partial charge in [0.25, 0.3) is 0 Å². The predicted octanol–water partition coefficient (Wildman–Crippen LogP) is 0.157. The lowest BCUT2D eigenvalue weighted by Crippen LogP contribution is -2.53. The largest absolute Gasteiger partial charge is 0.548 e. The van der Waals surface area contributed by atoms with Gasteiger partial charge in [0.2, 0.25) is 10.0 Å². The third-order valence-corrected chi connectivity index (χ3v) is 6.11. The van der Waals surface area contributed by atoms with Crippen LogP contribution < -0.4 is 5.11 Å². The molecule has 0 aliphatic carbocycles. The molecular weight excluding hydrogens is 320 g/mol. The molecule has 122 valence electrons. The van der Waals surface area contributed by atoms with Crippen LogP contribution in [0.25, 0.3) is 0 Å². The van der Waals surface area contributed by atoms with Gasteiger partial charge in [-0.2, -0.15) is 4.31 Å². The van der Waals surface area contributed by atoms with Gasteiger partial charge in [-0.1, -0.05) is 29.4 Å². The van der Waals surface area contributed by atoms with Gasteiger partial charge < -0.3 is 14.4 Å². The number of aliphatic carboxylic acids is 1. The Morgan fingerprint density at radius 1 is 1.30 bits per heavy atom. The molecule has 0 spiro atoms. The van der Waals surface area contributed by atoms with Crippen molar-refractivity contribution in [1.29, 1.82) is 0 Å². The van der Waals surface area contributed by atoms with E-state index in [1.165, 1.54) is 13.8 Å². The molecule has 2 aromatic rings. The number of carboxylic acids is 1. The number of nitrogens with zero attached hydrogens (tertiary/aromatic N) is 2. The molecule has 0 saturated carbocycles. The Morgan fingerprint density at radius 3 is 2.52 bits per heavy atom. The fraction of sp³-hybridized carbons (Fsp3) is 0.333. The molecule has 0 fully saturated rings. The van der Waals surface area contributed by atoms with Crippen molar-refractivity contribution in [3.8, 4) is 0 Å². The Balaban J connectivity index is 2.12. The standard InChI is InChI=1S/C15H16N2O5S/c1-9-14(10(2)22-16-9)23(20,21)17-8-12-6-4-3-5-11(12)7-13(17)15(18)19/h3-6,13H,7-8H2,1-2H3,(H,18,19)/p-1/t13-/m0/s1. The molecule has 0 bridgehead atoms. The van der Waals surface area contributed by atoms with Crippen molar-refractivity contribution in [1.82, 2.24) is 9.46 Å². The van der Waals surface area contributed by atoms with Gasteiger partial charge in [0.15, 0.2) is 5.76 Å². The van der Waals surface area contributed by atoms with Crippen molar-refractivity contribution in [3.05, 3.63) is 46.8 Å². The molecule has 1 aliphatic heterocycles. The van der Waals surface area contributed by atoms with Crippen LogP contribution in [0.5, 0.6) is 0 Å². The molecule has 1 aromatic carbocycles. The summed E-state index contributed by atoms with van der Waals surface area (Å²) >= 11 is 0. The molecular formula is C15H15N2O5S-. The minimum atomic E-state index is -4.06. The van der Waals surface area contributed by atoms with Crippen LogP contribution >= 0.6 is 0 Å². The second kappa shape index (κ2) is 5.47. The lowest BCUT2D eigenvalue weighted by atomic mass is 9.96. The zero-order chi connectivity index (χ0) is 16.8. The maximum Gasteiger partial charge on any atom is 0.249 e. The van der Waals surface area contributed by atoms with E-state index >= 15 is 0 Å². The zero-order valence-corrected chi connectivity index (χ0v) is 13.5. The first-order valence-electron chi connectivity index (χ1n) is 7.04. The van der Waals surface area contributed by atoms with Crippen LogP contribution in [0.2, 0.25) is 0 Å². The molecule has 8 heteroatoms. The topological polar surface area (TPSA) is 104 Å². The summed E-state index contributed by atoms with van der Waals surface area (Å²) in [5.74, 6) is -1.28. The summed E-state index contributed by atoms with van der Waals surface area (Å²) in [6, 6.07) is 5.91. The number of rotatable bonds is 3. The Kier molecular flexibility index (Phi) is 3.73. The molecule has 3 rings (SSSR count). The van der Waals surface area contributed by atoms with Gasteiger partial charge in [-0.15, -0.1) is 0 Å². The quantitative estimate of drug-likeness (QED) is 0.791. The summed E-state index contributed by atoms with van der Waals surface area (Å²) in [7, 11) is -4.06. The summed E-state index contributed by atoms with van der Waals surface area (Å²) in [6.07, 6.45) is 0.0705. The predicted molar refractivity (Wildman–Crippen MR) is 77.6 cm³/mol. The summed E-state index contributed by atoms with van der Waals surface area (Å²) in [5, 5.41) is 15.2. The van der Waals surface area contributed by atoms with E-state index < -0.39 is 22.0 Å². The second-order valence-corrected chi connectivity index (χ2v) is 7.34. The first-order chi connectivity index (χ1) is 10.8. The van der Waals surface area contributed by atoms with Crippen LogP contribution in [0.3, 0.4) is 0 Å². The van der Waals surface area contributed by atoms with Crippen molar-refractivity contribution in [2.45, 2.75) is 37.8 Å². The number of hydrogen-bond donors (Lipinski definition) is 0. The lowest BCUT2D eigenvalue weighted by molar-refractivity contribution is -0.310. The minimum absolute atomic E-state index is 0.0266. The number of fused-ring (bicyclic) bond motifs is 1. The second-order valence-electron chi connectivity index (χ2n) is 5.51. The third kappa shape index (κ3) is 2.53. The number of aryl methyl sites for hydroxylation is 2. The number of sulfonamides is 1. The fourth-order valence-corrected chi connectivity index (χ4v) is 4.76. The van der Waals surface area contributed by atoms with Gasteiger partial charge in [0.05, 0.1) is 12.0 Å². The Hall–Kier alpha value is -2.19. The van der Waals surface area contributed by atoms with Crippen LogP contribution in [0.4, 0.5) is 0 Å². The maximum absolute atomic E-state index is 12.9. The SMILES string of the molecule is Cc1noc(C)c1S(=O)(=O)N1Cc2ccccc2C[C@H]1C(=O)[O-]. The van der Waals surface area contributed by atoms with E-state index in [-0.39, 0.29) is 29.3 Å². The molecule has 0 unspecified atom stereocenters. The van der Waals surface area contributed by atoms with Gasteiger partial charge in [-0.25, -0.2) is 8.42 Å². The first kappa shape index (κ1) is 15.7. The van der Waals surface area contributed by atoms with Crippen LogP contribution in [0, 0.1) is 13.8 Å². The molecule has 0 amide bonds. The first-order valence-corrected chi connectivity index (χ1v) is 8.48. The normalized spacial score (nSPS) is 18.6. The average Bonchev–Trinajstić information content (AvgIpc) is 2.85. The average molecular weight is 335 g/mol. The number of benzene rings is 1. The summed E-state index contributed by atoms with van der Waals surface area (Å²) < 4.78 is 31.8. The number of carbonyl (C=O) groups excluding carboxylic acids is 1. The highest BCUT2D eigenvalue weighted by Gasteiger charge is 2.39. The molecule has 2 heterocycles. The Morgan fingerprint density at radius 2 is 1.96 bits per heavy atom. The van der Waals surface area contributed by atoms with Crippen LogP contribution in [-0.2, 0) is 27.8 Å². The molecule has 0 radical (unpaired) electrons. The van der Waals surface area contributed by atoms with E-state index in [1.54, 1.807) is 24.3 Å². The van der Waals surface area contributed by atoms with Gasteiger partial charge in [0.1, 0.15) is 10.6 Å². The van der Waals surface area contributed by atoms with Crippen molar-refractivity contribution >= 4 is 16.0 Å². The van der Waals surface area contributed by atoms with Gasteiger partial charge in [-0.3, -0.25) is 0 Å². The molecule has 1 aliphatic rings. The van der Waals surface area contributed by atoms with E-state index in [0.29, 0.717) is 0 Å². The lowest BCUT2D eigenvalue weighted by Gasteiger charge is -2.36. The van der Waals surface area contributed by atoms with Gasteiger partial charge in [-0.05, 0) is 31.4 Å². The highest BCUT2D eigenvalue weighted by Crippen LogP contribution is 2.31. The summed E-state index contributed by atoms with van der Waals surface area (Å²) in [4.78, 5) is 11.4. The van der Waals surface area contributed by atoms with E-state index in [0.717, 1.165) is 15.4 Å². The van der Waals surface area contributed by atoms with Crippen LogP contribution in [-0.4, -0.2) is 29.9 Å². The molecule has 23 heavy (non-hydrogen) atoms. The third-order valence-electron chi connectivity index (χ3n) is 4.01. The van der Waals surface area contributed by atoms with Crippen molar-refractivity contribution in [2.75, 3.05) is 0 Å². The zero-order valence-electron chi connectivity index (χ0n) is 12.6. The van der Waals surface area contributed by atoms with Crippen molar-refractivity contribution in [3.63, 3.8) is 0 Å². The molecule has 0 N–H and O–H groups in total. The maximum atomic E-state index is 12.9. The van der Waals surface area contributed by atoms with Crippen molar-refractivity contribution < 1.29 is 22.8 Å². The minimum Gasteiger partial charge on any atom is -0.548 e. The Bertz CT molecular complexity index is 852. The van der Waals surface area contributed by atoms with E-state index in [4.69, 9.17) is 4.52 Å². The summed E-state index contributed by atoms with van der Waals surface area (Å²) in [6.45, 7) is 2.97. The van der Waals surface area contributed by atoms with Crippen LogP contribution in [0.15, 0.2) is 33.7 Å². The smallest absolute Gasteiger partial charge is 0.249 e. The molecule has 7 nitrogen and oxygen atoms in total. The number of aromatic nitrogens is 1. The van der Waals surface area contributed by atoms with E-state index in [1.807, 2.05) is 0 Å². The van der Waals surface area contributed by atoms with E-state index in [9.17, 15) is 18.3 Å². The molecule has 1 atom stereocenters. The number of carbonyl (C=O) groups is 1. The van der Waals surface area contributed by atoms with Gasteiger partial charge >= 0.3 is 0 Å². The molecule has 1 aromatic heterocycles. The molecule has 0 saturated heterocycles. The van der Waals surface area contributed by atoms with Crippen molar-refractivity contribution in [2.24, 2.45) is 0 Å². The number of hydrogen-bond acceptors (Lipinski definition) is 6. The van der Waals surface area contributed by atoms with Gasteiger partial charge in [0, 0.05) is 6.54 Å². The number of carboxylic acid groups (broad SMARTS) is 1. The highest BCUT2D eigenvalue weighted by atomic mass is 32.2. The fourth-order valence-electron chi connectivity index (χ4n) is 2.91.